The van der Waals surface area contributed by atoms with Gasteiger partial charge in [-0.1, -0.05) is 0 Å². The number of nitrogens with zero attached hydrogens (tertiary/aromatic N) is 4. The van der Waals surface area contributed by atoms with Gasteiger partial charge in [0, 0.05) is 31.4 Å². The number of hydrogen-bond acceptors (Lipinski definition) is 6. The fourth-order valence-corrected chi connectivity index (χ4v) is 3.47. The summed E-state index contributed by atoms with van der Waals surface area (Å²) >= 11 is 0. The van der Waals surface area contributed by atoms with E-state index in [1.54, 1.807) is 0 Å². The summed E-state index contributed by atoms with van der Waals surface area (Å²) in [6, 6.07) is 2.77. The summed E-state index contributed by atoms with van der Waals surface area (Å²) in [5.74, 6) is 1.78. The first-order chi connectivity index (χ1) is 10.7. The van der Waals surface area contributed by atoms with Crippen LogP contribution in [0.2, 0.25) is 0 Å². The molecule has 2 aliphatic heterocycles. The van der Waals surface area contributed by atoms with Crippen molar-refractivity contribution in [3.05, 3.63) is 17.6 Å². The van der Waals surface area contributed by atoms with Crippen molar-refractivity contribution in [1.82, 2.24) is 19.8 Å². The lowest BCUT2D eigenvalue weighted by Crippen LogP contribution is -2.50. The zero-order valence-electron chi connectivity index (χ0n) is 13.9. The largest absolute Gasteiger partial charge is 0.378 e. The van der Waals surface area contributed by atoms with Crippen LogP contribution in [0.5, 0.6) is 0 Å². The van der Waals surface area contributed by atoms with Gasteiger partial charge in [-0.05, 0) is 39.9 Å². The van der Waals surface area contributed by atoms with Crippen molar-refractivity contribution in [2.75, 3.05) is 52.3 Å². The number of ether oxygens (including phenoxy) is 1. The van der Waals surface area contributed by atoms with E-state index in [2.05, 4.69) is 32.1 Å². The zero-order valence-corrected chi connectivity index (χ0v) is 13.9. The predicted molar refractivity (Wildman–Crippen MR) is 87.1 cm³/mol. The summed E-state index contributed by atoms with van der Waals surface area (Å²) in [5.41, 5.74) is 1.00. The van der Waals surface area contributed by atoms with Crippen LogP contribution in [-0.2, 0) is 4.74 Å². The number of piperidine rings is 1. The average Bonchev–Trinajstić information content (AvgIpc) is 2.55. The Bertz CT molecular complexity index is 501. The molecule has 0 saturated carbocycles. The molecule has 0 bridgehead atoms. The molecule has 2 saturated heterocycles. The average molecular weight is 305 g/mol. The van der Waals surface area contributed by atoms with Crippen molar-refractivity contribution >= 4 is 5.82 Å². The third-order valence-corrected chi connectivity index (χ3v) is 4.75. The van der Waals surface area contributed by atoms with Gasteiger partial charge in [-0.2, -0.15) is 0 Å². The molecule has 2 fully saturated rings. The van der Waals surface area contributed by atoms with Crippen LogP contribution in [0.3, 0.4) is 0 Å². The quantitative estimate of drug-likeness (QED) is 0.908. The fourth-order valence-electron chi connectivity index (χ4n) is 3.47. The van der Waals surface area contributed by atoms with Gasteiger partial charge in [0.25, 0.3) is 0 Å². The Morgan fingerprint density at radius 2 is 2.00 bits per heavy atom. The first kappa shape index (κ1) is 15.6. The smallest absolute Gasteiger partial charge is 0.150 e. The fraction of sp³-hybridized carbons (Fsp3) is 0.750. The summed E-state index contributed by atoms with van der Waals surface area (Å²) in [5, 5.41) is 3.13. The Balaban J connectivity index is 1.81. The molecule has 0 spiro atoms. The van der Waals surface area contributed by atoms with Crippen LogP contribution in [-0.4, -0.2) is 72.8 Å². The predicted octanol–water partition coefficient (Wildman–Crippen LogP) is 1.29. The normalized spacial score (nSPS) is 25.3. The number of aromatic nitrogens is 2. The molecule has 122 valence electrons. The Morgan fingerprint density at radius 3 is 2.73 bits per heavy atom. The molecule has 0 amide bonds. The topological polar surface area (TPSA) is 53.5 Å². The van der Waals surface area contributed by atoms with Crippen molar-refractivity contribution in [2.45, 2.75) is 31.8 Å². The lowest BCUT2D eigenvalue weighted by molar-refractivity contribution is -0.0444. The number of likely N-dealkylation sites (tertiary alicyclic amines) is 1. The number of anilines is 1. The molecule has 3 rings (SSSR count). The number of morpholine rings is 1. The molecule has 1 atom stereocenters. The van der Waals surface area contributed by atoms with Gasteiger partial charge in [0.1, 0.15) is 11.6 Å². The first-order valence-corrected chi connectivity index (χ1v) is 8.22. The van der Waals surface area contributed by atoms with Crippen LogP contribution in [0.25, 0.3) is 0 Å². The lowest BCUT2D eigenvalue weighted by atomic mass is 10.0. The van der Waals surface area contributed by atoms with E-state index in [0.29, 0.717) is 12.6 Å². The van der Waals surface area contributed by atoms with Gasteiger partial charge in [-0.15, -0.1) is 0 Å². The summed E-state index contributed by atoms with van der Waals surface area (Å²) in [6.07, 6.45) is 2.44. The lowest BCUT2D eigenvalue weighted by Gasteiger charge is -2.43. The minimum absolute atomic E-state index is 0.175. The van der Waals surface area contributed by atoms with Crippen molar-refractivity contribution in [3.8, 4) is 0 Å². The van der Waals surface area contributed by atoms with E-state index in [-0.39, 0.29) is 6.04 Å². The highest BCUT2D eigenvalue weighted by molar-refractivity contribution is 5.35. The Hall–Kier alpha value is -1.24. The van der Waals surface area contributed by atoms with Crippen LogP contribution < -0.4 is 5.32 Å². The first-order valence-electron chi connectivity index (χ1n) is 8.22. The van der Waals surface area contributed by atoms with Crippen molar-refractivity contribution in [3.63, 3.8) is 0 Å². The number of nitrogens with one attached hydrogen (secondary N) is 1. The minimum Gasteiger partial charge on any atom is -0.378 e. The van der Waals surface area contributed by atoms with Crippen molar-refractivity contribution in [1.29, 1.82) is 0 Å². The summed E-state index contributed by atoms with van der Waals surface area (Å²) in [6.45, 7) is 6.85. The van der Waals surface area contributed by atoms with Gasteiger partial charge in [0.15, 0.2) is 0 Å². The summed E-state index contributed by atoms with van der Waals surface area (Å²) in [7, 11) is 4.10. The standard InChI is InChI=1S/C16H27N5O/c1-12-10-15(17-2)19-16(18-12)14-11-22-9-8-21(14)13-4-6-20(3)7-5-13/h10,13-14H,4-9,11H2,1-3H3,(H,17,18,19). The van der Waals surface area contributed by atoms with Crippen LogP contribution in [0.1, 0.15) is 30.4 Å². The SMILES string of the molecule is CNc1cc(C)nc(C2COCCN2C2CCN(C)CC2)n1. The van der Waals surface area contributed by atoms with Gasteiger partial charge in [-0.3, -0.25) is 4.90 Å². The number of aryl methyl sites for hydroxylation is 1. The number of hydrogen-bond donors (Lipinski definition) is 1. The van der Waals surface area contributed by atoms with Gasteiger partial charge in [0.05, 0.1) is 19.3 Å². The number of rotatable bonds is 3. The van der Waals surface area contributed by atoms with Gasteiger partial charge in [-0.25, -0.2) is 9.97 Å². The van der Waals surface area contributed by atoms with Crippen LogP contribution in [0.15, 0.2) is 6.07 Å². The molecule has 3 heterocycles. The molecule has 0 aliphatic carbocycles. The molecular weight excluding hydrogens is 278 g/mol. The molecule has 1 aromatic heterocycles. The minimum atomic E-state index is 0.175. The Labute approximate surface area is 132 Å². The molecule has 22 heavy (non-hydrogen) atoms. The molecule has 1 unspecified atom stereocenters. The van der Waals surface area contributed by atoms with E-state index in [1.807, 2.05) is 20.0 Å². The highest BCUT2D eigenvalue weighted by Gasteiger charge is 2.33. The van der Waals surface area contributed by atoms with Crippen LogP contribution in [0, 0.1) is 6.92 Å². The molecular formula is C16H27N5O. The van der Waals surface area contributed by atoms with Gasteiger partial charge >= 0.3 is 0 Å². The van der Waals surface area contributed by atoms with E-state index in [1.165, 1.54) is 25.9 Å². The van der Waals surface area contributed by atoms with Crippen molar-refractivity contribution in [2.24, 2.45) is 0 Å². The third-order valence-electron chi connectivity index (χ3n) is 4.75. The summed E-state index contributed by atoms with van der Waals surface area (Å²) in [4.78, 5) is 14.3. The van der Waals surface area contributed by atoms with E-state index in [0.717, 1.165) is 30.5 Å². The van der Waals surface area contributed by atoms with E-state index in [4.69, 9.17) is 4.74 Å². The second-order valence-electron chi connectivity index (χ2n) is 6.37. The molecule has 0 aromatic carbocycles. The van der Waals surface area contributed by atoms with Gasteiger partial charge < -0.3 is 15.0 Å². The van der Waals surface area contributed by atoms with E-state index >= 15 is 0 Å². The highest BCUT2D eigenvalue weighted by atomic mass is 16.5. The zero-order chi connectivity index (χ0) is 15.5. The Kier molecular flexibility index (Phi) is 4.90. The monoisotopic (exact) mass is 305 g/mol. The highest BCUT2D eigenvalue weighted by Crippen LogP contribution is 2.28. The maximum atomic E-state index is 5.74. The summed E-state index contributed by atoms with van der Waals surface area (Å²) < 4.78 is 5.74. The molecule has 1 aromatic rings. The molecule has 6 nitrogen and oxygen atoms in total. The van der Waals surface area contributed by atoms with E-state index in [9.17, 15) is 0 Å². The Morgan fingerprint density at radius 1 is 1.23 bits per heavy atom. The second kappa shape index (κ2) is 6.89. The maximum Gasteiger partial charge on any atom is 0.150 e. The maximum absolute atomic E-state index is 5.74. The van der Waals surface area contributed by atoms with E-state index < -0.39 is 0 Å². The molecule has 2 aliphatic rings. The third kappa shape index (κ3) is 3.39. The van der Waals surface area contributed by atoms with Crippen LogP contribution in [0.4, 0.5) is 5.82 Å². The molecule has 6 heteroatoms. The second-order valence-corrected chi connectivity index (χ2v) is 6.37. The molecule has 1 N–H and O–H groups in total. The van der Waals surface area contributed by atoms with Crippen molar-refractivity contribution < 1.29 is 4.74 Å². The van der Waals surface area contributed by atoms with Crippen LogP contribution >= 0.6 is 0 Å². The van der Waals surface area contributed by atoms with Gasteiger partial charge in [0.2, 0.25) is 0 Å². The molecule has 0 radical (unpaired) electrons.